The van der Waals surface area contributed by atoms with Gasteiger partial charge in [0.15, 0.2) is 0 Å². The Kier molecular flexibility index (Phi) is 7.90. The van der Waals surface area contributed by atoms with Gasteiger partial charge in [0.05, 0.1) is 28.7 Å². The summed E-state index contributed by atoms with van der Waals surface area (Å²) in [5.41, 5.74) is 4.35. The van der Waals surface area contributed by atoms with E-state index in [-0.39, 0.29) is 17.4 Å². The predicted octanol–water partition coefficient (Wildman–Crippen LogP) is 4.97. The number of nitrogens with zero attached hydrogens (tertiary/aromatic N) is 5. The zero-order chi connectivity index (χ0) is 28.5. The monoisotopic (exact) mass is 530 g/mol. The number of pyridine rings is 1. The minimum atomic E-state index is -0.974. The van der Waals surface area contributed by atoms with Gasteiger partial charge in [0.25, 0.3) is 5.91 Å². The third kappa shape index (κ3) is 6.02. The molecule has 9 nitrogen and oxygen atoms in total. The van der Waals surface area contributed by atoms with Gasteiger partial charge in [-0.15, -0.1) is 0 Å². The van der Waals surface area contributed by atoms with E-state index in [0.29, 0.717) is 48.9 Å². The second-order valence-electron chi connectivity index (χ2n) is 11.2. The van der Waals surface area contributed by atoms with E-state index in [1.165, 1.54) is 5.56 Å². The lowest BCUT2D eigenvalue weighted by atomic mass is 9.97. The summed E-state index contributed by atoms with van der Waals surface area (Å²) in [5.74, 6) is 0.370. The SMILES string of the molecule is Cc1ccc(CNc2ncc(C(=O)N3CCN(c4cc(C)c(C(=O)O)c(C)n4)CC3(C)C)nc2C(C)C)cc1. The van der Waals surface area contributed by atoms with E-state index in [0.717, 1.165) is 17.1 Å². The minimum Gasteiger partial charge on any atom is -0.478 e. The Balaban J connectivity index is 1.51. The molecule has 1 amide bonds. The summed E-state index contributed by atoms with van der Waals surface area (Å²) in [6, 6.07) is 10.1. The number of benzene rings is 1. The molecule has 3 aromatic rings. The van der Waals surface area contributed by atoms with Crippen molar-refractivity contribution < 1.29 is 14.7 Å². The van der Waals surface area contributed by atoms with Gasteiger partial charge in [0.2, 0.25) is 0 Å². The van der Waals surface area contributed by atoms with E-state index >= 15 is 0 Å². The Morgan fingerprint density at radius 1 is 1.08 bits per heavy atom. The van der Waals surface area contributed by atoms with Gasteiger partial charge in [-0.2, -0.15) is 0 Å². The number of carboxylic acid groups (broad SMARTS) is 1. The maximum Gasteiger partial charge on any atom is 0.337 e. The fourth-order valence-corrected chi connectivity index (χ4v) is 5.10. The van der Waals surface area contributed by atoms with Crippen LogP contribution >= 0.6 is 0 Å². The van der Waals surface area contributed by atoms with Crippen LogP contribution < -0.4 is 10.2 Å². The molecule has 0 bridgehead atoms. The number of aryl methyl sites for hydroxylation is 3. The number of nitrogens with one attached hydrogen (secondary N) is 1. The molecular formula is C30H38N6O3. The molecule has 206 valence electrons. The summed E-state index contributed by atoms with van der Waals surface area (Å²) in [6.45, 7) is 15.9. The highest BCUT2D eigenvalue weighted by atomic mass is 16.4. The Morgan fingerprint density at radius 2 is 1.77 bits per heavy atom. The van der Waals surface area contributed by atoms with E-state index in [4.69, 9.17) is 4.98 Å². The maximum atomic E-state index is 13.7. The predicted molar refractivity (Wildman–Crippen MR) is 153 cm³/mol. The second-order valence-corrected chi connectivity index (χ2v) is 11.2. The smallest absolute Gasteiger partial charge is 0.337 e. The van der Waals surface area contributed by atoms with Crippen LogP contribution in [0.4, 0.5) is 11.6 Å². The molecule has 9 heteroatoms. The highest BCUT2D eigenvalue weighted by Gasteiger charge is 2.38. The third-order valence-corrected chi connectivity index (χ3v) is 7.22. The molecule has 1 fully saturated rings. The van der Waals surface area contributed by atoms with Gasteiger partial charge >= 0.3 is 5.97 Å². The molecule has 1 aliphatic heterocycles. The Morgan fingerprint density at radius 3 is 2.36 bits per heavy atom. The van der Waals surface area contributed by atoms with Gasteiger partial charge in [-0.1, -0.05) is 43.7 Å². The second kappa shape index (κ2) is 11.0. The average Bonchev–Trinajstić information content (AvgIpc) is 2.86. The number of aromatic carboxylic acids is 1. The lowest BCUT2D eigenvalue weighted by Gasteiger charge is -2.47. The zero-order valence-electron chi connectivity index (χ0n) is 23.9. The van der Waals surface area contributed by atoms with Crippen molar-refractivity contribution in [3.63, 3.8) is 0 Å². The van der Waals surface area contributed by atoms with Crippen molar-refractivity contribution in [2.45, 2.75) is 66.5 Å². The Bertz CT molecular complexity index is 1360. The van der Waals surface area contributed by atoms with Crippen molar-refractivity contribution in [2.75, 3.05) is 29.9 Å². The molecule has 3 heterocycles. The van der Waals surface area contributed by atoms with Crippen LogP contribution in [-0.2, 0) is 6.54 Å². The number of amides is 1. The largest absolute Gasteiger partial charge is 0.478 e. The molecule has 1 aromatic carbocycles. The first-order valence-electron chi connectivity index (χ1n) is 13.3. The number of aromatic nitrogens is 3. The standard InChI is InChI=1S/C30H38N6O3/c1-18(2)26-27(31-15-22-10-8-19(3)9-11-22)32-16-23(34-26)28(37)36-13-12-35(17-30(36,6)7)24-14-20(4)25(29(38)39)21(5)33-24/h8-11,14,16,18H,12-13,15,17H2,1-7H3,(H,31,32)(H,38,39). The zero-order valence-corrected chi connectivity index (χ0v) is 23.9. The molecule has 39 heavy (non-hydrogen) atoms. The Hall–Kier alpha value is -4.01. The summed E-state index contributed by atoms with van der Waals surface area (Å²) in [4.78, 5) is 43.2. The first-order chi connectivity index (χ1) is 18.4. The molecule has 0 spiro atoms. The van der Waals surface area contributed by atoms with Crippen LogP contribution in [0.2, 0.25) is 0 Å². The van der Waals surface area contributed by atoms with Crippen molar-refractivity contribution >= 4 is 23.5 Å². The van der Waals surface area contributed by atoms with Crippen molar-refractivity contribution in [1.29, 1.82) is 0 Å². The first-order valence-corrected chi connectivity index (χ1v) is 13.3. The van der Waals surface area contributed by atoms with Gasteiger partial charge in [-0.05, 0) is 57.7 Å². The molecule has 2 N–H and O–H groups in total. The quantitative estimate of drug-likeness (QED) is 0.440. The van der Waals surface area contributed by atoms with Gasteiger partial charge in [0, 0.05) is 26.2 Å². The number of carbonyl (C=O) groups is 2. The molecule has 0 saturated carbocycles. The van der Waals surface area contributed by atoms with Gasteiger partial charge in [0.1, 0.15) is 17.3 Å². The molecule has 1 aliphatic rings. The van der Waals surface area contributed by atoms with Gasteiger partial charge in [-0.25, -0.2) is 19.7 Å². The van der Waals surface area contributed by atoms with Crippen LogP contribution in [0.15, 0.2) is 36.5 Å². The number of hydrogen-bond donors (Lipinski definition) is 2. The van der Waals surface area contributed by atoms with E-state index < -0.39 is 11.5 Å². The van der Waals surface area contributed by atoms with Crippen molar-refractivity contribution in [3.05, 3.63) is 75.9 Å². The number of anilines is 2. The third-order valence-electron chi connectivity index (χ3n) is 7.22. The van der Waals surface area contributed by atoms with Gasteiger partial charge in [-0.3, -0.25) is 4.79 Å². The van der Waals surface area contributed by atoms with Gasteiger partial charge < -0.3 is 20.2 Å². The average molecular weight is 531 g/mol. The number of hydrogen-bond acceptors (Lipinski definition) is 7. The number of rotatable bonds is 7. The fraction of sp³-hybridized carbons (Fsp3) is 0.433. The van der Waals surface area contributed by atoms with Crippen LogP contribution in [0.5, 0.6) is 0 Å². The summed E-state index contributed by atoms with van der Waals surface area (Å²) in [6.07, 6.45) is 1.56. The van der Waals surface area contributed by atoms with Crippen LogP contribution in [0.25, 0.3) is 0 Å². The summed E-state index contributed by atoms with van der Waals surface area (Å²) in [7, 11) is 0. The van der Waals surface area contributed by atoms with Crippen LogP contribution in [0.3, 0.4) is 0 Å². The minimum absolute atomic E-state index is 0.0851. The summed E-state index contributed by atoms with van der Waals surface area (Å²) in [5, 5.41) is 12.9. The lowest BCUT2D eigenvalue weighted by molar-refractivity contribution is 0.0506. The first kappa shape index (κ1) is 28.0. The number of piperazine rings is 1. The summed E-state index contributed by atoms with van der Waals surface area (Å²) < 4.78 is 0. The highest BCUT2D eigenvalue weighted by Crippen LogP contribution is 2.29. The highest BCUT2D eigenvalue weighted by molar-refractivity contribution is 5.93. The number of carbonyl (C=O) groups excluding carboxylic acids is 1. The van der Waals surface area contributed by atoms with E-state index in [1.54, 1.807) is 20.0 Å². The van der Waals surface area contributed by atoms with Crippen molar-refractivity contribution in [1.82, 2.24) is 19.9 Å². The molecule has 0 atom stereocenters. The lowest BCUT2D eigenvalue weighted by Crippen LogP contribution is -2.61. The number of carboxylic acids is 1. The topological polar surface area (TPSA) is 112 Å². The van der Waals surface area contributed by atoms with E-state index in [1.807, 2.05) is 38.7 Å². The molecular weight excluding hydrogens is 492 g/mol. The molecule has 2 aromatic heterocycles. The normalized spacial score (nSPS) is 15.0. The van der Waals surface area contributed by atoms with Crippen molar-refractivity contribution in [2.24, 2.45) is 0 Å². The fourth-order valence-electron chi connectivity index (χ4n) is 5.10. The molecule has 0 unspecified atom stereocenters. The van der Waals surface area contributed by atoms with E-state index in [2.05, 4.69) is 51.4 Å². The molecule has 4 rings (SSSR count). The molecule has 1 saturated heterocycles. The molecule has 0 radical (unpaired) electrons. The Labute approximate surface area is 230 Å². The van der Waals surface area contributed by atoms with Crippen LogP contribution in [0, 0.1) is 20.8 Å². The van der Waals surface area contributed by atoms with Crippen molar-refractivity contribution in [3.8, 4) is 0 Å². The summed E-state index contributed by atoms with van der Waals surface area (Å²) >= 11 is 0. The van der Waals surface area contributed by atoms with Crippen LogP contribution in [0.1, 0.15) is 82.5 Å². The molecule has 0 aliphatic carbocycles. The van der Waals surface area contributed by atoms with E-state index in [9.17, 15) is 14.7 Å². The van der Waals surface area contributed by atoms with Crippen LogP contribution in [-0.4, -0.2) is 62.0 Å². The maximum absolute atomic E-state index is 13.7.